The predicted octanol–water partition coefficient (Wildman–Crippen LogP) is 2.76. The number of hydrogen-bond acceptors (Lipinski definition) is 5. The van der Waals surface area contributed by atoms with E-state index in [0.29, 0.717) is 12.8 Å². The fourth-order valence-corrected chi connectivity index (χ4v) is 9.37. The van der Waals surface area contributed by atoms with E-state index in [4.69, 9.17) is 0 Å². The van der Waals surface area contributed by atoms with E-state index in [2.05, 4.69) is 31.4 Å². The number of carbonyl (C=O) groups excluding carboxylic acids is 3. The molecule has 0 aliphatic carbocycles. The smallest absolute Gasteiger partial charge is 0.244 e. The number of amides is 3. The highest BCUT2D eigenvalue weighted by atomic mass is 32.2. The number of nitrogens with zero attached hydrogens (tertiary/aromatic N) is 1. The summed E-state index contributed by atoms with van der Waals surface area (Å²) in [6, 6.07) is 8.45. The molecule has 3 amide bonds. The summed E-state index contributed by atoms with van der Waals surface area (Å²) in [7, 11) is 1.61. The first-order chi connectivity index (χ1) is 16.8. The highest BCUT2D eigenvalue weighted by Gasteiger charge is 2.74. The second-order valence-corrected chi connectivity index (χ2v) is 14.2. The number of carbonyl (C=O) groups is 3. The molecule has 3 aliphatic rings. The van der Waals surface area contributed by atoms with Crippen molar-refractivity contribution in [2.45, 2.75) is 87.9 Å². The normalized spacial score (nSPS) is 30.3. The van der Waals surface area contributed by atoms with Crippen molar-refractivity contribution in [3.05, 3.63) is 35.9 Å². The van der Waals surface area contributed by atoms with Crippen LogP contribution in [0.4, 0.5) is 0 Å². The van der Waals surface area contributed by atoms with E-state index in [0.717, 1.165) is 18.4 Å². The molecule has 0 radical (unpaired) electrons. The van der Waals surface area contributed by atoms with Gasteiger partial charge < -0.3 is 20.6 Å². The zero-order valence-electron chi connectivity index (χ0n) is 22.3. The number of aliphatic hydroxyl groups excluding tert-OH is 1. The second kappa shape index (κ2) is 9.67. The van der Waals surface area contributed by atoms with Crippen LogP contribution >= 0.6 is 11.8 Å². The van der Waals surface area contributed by atoms with E-state index in [1.807, 2.05) is 44.2 Å². The molecule has 1 aromatic rings. The number of aliphatic hydroxyl groups is 1. The average molecular weight is 516 g/mol. The molecule has 2 unspecified atom stereocenters. The molecule has 36 heavy (non-hydrogen) atoms. The van der Waals surface area contributed by atoms with Crippen LogP contribution in [-0.2, 0) is 20.8 Å². The number of nitrogens with one attached hydrogen (secondary N) is 2. The van der Waals surface area contributed by atoms with Crippen LogP contribution in [0.1, 0.15) is 59.4 Å². The summed E-state index contributed by atoms with van der Waals surface area (Å²) < 4.78 is -0.662. The molecule has 3 fully saturated rings. The van der Waals surface area contributed by atoms with Crippen molar-refractivity contribution in [3.63, 3.8) is 0 Å². The first kappa shape index (κ1) is 27.0. The summed E-state index contributed by atoms with van der Waals surface area (Å²) in [5.74, 6) is -1.52. The molecular weight excluding hydrogens is 474 g/mol. The maximum Gasteiger partial charge on any atom is 0.244 e. The summed E-state index contributed by atoms with van der Waals surface area (Å²) in [6.45, 7) is 10.2. The Balaban J connectivity index is 1.73. The molecule has 7 nitrogen and oxygen atoms in total. The highest BCUT2D eigenvalue weighted by Crippen LogP contribution is 2.66. The summed E-state index contributed by atoms with van der Waals surface area (Å²) in [5, 5.41) is 16.5. The van der Waals surface area contributed by atoms with Crippen molar-refractivity contribution >= 4 is 29.5 Å². The number of benzene rings is 1. The van der Waals surface area contributed by atoms with Crippen molar-refractivity contribution in [2.75, 3.05) is 13.7 Å². The number of hydrogen-bond donors (Lipinski definition) is 3. The Hall–Kier alpha value is -2.06. The number of thioether (sulfide) groups is 1. The van der Waals surface area contributed by atoms with Gasteiger partial charge >= 0.3 is 0 Å². The van der Waals surface area contributed by atoms with Gasteiger partial charge in [-0.05, 0) is 50.5 Å². The number of rotatable bonds is 8. The third-order valence-corrected chi connectivity index (χ3v) is 9.84. The van der Waals surface area contributed by atoms with E-state index in [1.165, 1.54) is 0 Å². The van der Waals surface area contributed by atoms with Gasteiger partial charge in [0.15, 0.2) is 0 Å². The van der Waals surface area contributed by atoms with E-state index in [9.17, 15) is 19.5 Å². The van der Waals surface area contributed by atoms with Gasteiger partial charge in [0.1, 0.15) is 6.04 Å². The maximum atomic E-state index is 14.1. The lowest BCUT2D eigenvalue weighted by Gasteiger charge is -2.40. The average Bonchev–Trinajstić information content (AvgIpc) is 3.43. The molecule has 8 heteroatoms. The number of likely N-dealkylation sites (tertiary alicyclic amines) is 1. The van der Waals surface area contributed by atoms with E-state index in [1.54, 1.807) is 23.7 Å². The lowest BCUT2D eigenvalue weighted by Crippen LogP contribution is -2.60. The first-order valence-electron chi connectivity index (χ1n) is 13.0. The molecule has 3 N–H and O–H groups in total. The lowest BCUT2D eigenvalue weighted by molar-refractivity contribution is -0.143. The van der Waals surface area contributed by atoms with E-state index < -0.39 is 34.2 Å². The van der Waals surface area contributed by atoms with Crippen molar-refractivity contribution < 1.29 is 19.5 Å². The Morgan fingerprint density at radius 1 is 1.17 bits per heavy atom. The lowest BCUT2D eigenvalue weighted by atomic mass is 9.70. The third-order valence-electron chi connectivity index (χ3n) is 7.89. The second-order valence-electron chi connectivity index (χ2n) is 12.6. The van der Waals surface area contributed by atoms with Gasteiger partial charge in [-0.15, -0.1) is 11.8 Å². The fourth-order valence-electron chi connectivity index (χ4n) is 7.16. The van der Waals surface area contributed by atoms with Crippen LogP contribution in [-0.4, -0.2) is 69.0 Å². The van der Waals surface area contributed by atoms with Gasteiger partial charge in [-0.1, -0.05) is 51.1 Å². The van der Waals surface area contributed by atoms with Gasteiger partial charge in [-0.3, -0.25) is 14.4 Å². The highest BCUT2D eigenvalue weighted by molar-refractivity contribution is 8.02. The molecule has 6 atom stereocenters. The van der Waals surface area contributed by atoms with Crippen molar-refractivity contribution in [3.8, 4) is 0 Å². The van der Waals surface area contributed by atoms with Crippen LogP contribution in [0.5, 0.6) is 0 Å². The minimum absolute atomic E-state index is 0.00853. The van der Waals surface area contributed by atoms with Crippen LogP contribution in [0.15, 0.2) is 30.3 Å². The molecule has 1 spiro atoms. The molecule has 3 saturated heterocycles. The Kier molecular flexibility index (Phi) is 7.25. The quantitative estimate of drug-likeness (QED) is 0.495. The predicted molar refractivity (Wildman–Crippen MR) is 142 cm³/mol. The molecule has 3 heterocycles. The molecular formula is C28H41N3O4S. The van der Waals surface area contributed by atoms with Gasteiger partial charge in [0.05, 0.1) is 29.2 Å². The Bertz CT molecular complexity index is 1010. The summed E-state index contributed by atoms with van der Waals surface area (Å²) in [4.78, 5) is 42.9. The van der Waals surface area contributed by atoms with Gasteiger partial charge in [-0.2, -0.15) is 0 Å². The molecule has 0 saturated carbocycles. The van der Waals surface area contributed by atoms with E-state index >= 15 is 0 Å². The zero-order chi connectivity index (χ0) is 26.5. The zero-order valence-corrected chi connectivity index (χ0v) is 23.2. The summed E-state index contributed by atoms with van der Waals surface area (Å²) in [6.07, 6.45) is 2.73. The van der Waals surface area contributed by atoms with Gasteiger partial charge in [-0.25, -0.2) is 0 Å². The minimum Gasteiger partial charge on any atom is -0.394 e. The molecule has 0 aromatic heterocycles. The number of fused-ring (bicyclic) bond motifs is 1. The van der Waals surface area contributed by atoms with Gasteiger partial charge in [0, 0.05) is 17.8 Å². The first-order valence-corrected chi connectivity index (χ1v) is 13.9. The minimum atomic E-state index is -0.736. The monoisotopic (exact) mass is 515 g/mol. The third kappa shape index (κ3) is 4.78. The van der Waals surface area contributed by atoms with Crippen molar-refractivity contribution in [1.29, 1.82) is 0 Å². The molecule has 2 bridgehead atoms. The van der Waals surface area contributed by atoms with Crippen LogP contribution in [0.2, 0.25) is 0 Å². The summed E-state index contributed by atoms with van der Waals surface area (Å²) >= 11 is 1.65. The van der Waals surface area contributed by atoms with E-state index in [-0.39, 0.29) is 35.0 Å². The van der Waals surface area contributed by atoms with Crippen LogP contribution in [0.3, 0.4) is 0 Å². The largest absolute Gasteiger partial charge is 0.394 e. The van der Waals surface area contributed by atoms with Crippen LogP contribution in [0.25, 0.3) is 0 Å². The standard InChI is InChI=1S/C28H41N3O4S/c1-26(2,3)16-27(4,5)30-24(34)22-28-13-12-19(36-28)20(23(33)29-6)21(28)25(35)31(22)18(15-32)14-17-10-8-7-9-11-17/h7-11,18-22,32H,12-16H2,1-6H3,(H,29,33)(H,30,34)/t18-,19-,20+,21+,22?,28?/m1/s1. The van der Waals surface area contributed by atoms with Gasteiger partial charge in [0.2, 0.25) is 17.7 Å². The van der Waals surface area contributed by atoms with Crippen LogP contribution in [0, 0.1) is 17.3 Å². The topological polar surface area (TPSA) is 98.7 Å². The molecule has 1 aromatic carbocycles. The molecule has 198 valence electrons. The maximum absolute atomic E-state index is 14.1. The molecule has 4 rings (SSSR count). The Morgan fingerprint density at radius 2 is 1.83 bits per heavy atom. The SMILES string of the molecule is CNC(=O)[C@@H]1[C@H]2C(=O)N([C@@H](CO)Cc3ccccc3)C(C(=O)NC(C)(C)CC(C)(C)C)C23CC[C@H]1S3. The van der Waals surface area contributed by atoms with Crippen molar-refractivity contribution in [2.24, 2.45) is 17.3 Å². The Labute approximate surface area is 219 Å². The van der Waals surface area contributed by atoms with Crippen molar-refractivity contribution in [1.82, 2.24) is 15.5 Å². The fraction of sp³-hybridized carbons (Fsp3) is 0.679. The summed E-state index contributed by atoms with van der Waals surface area (Å²) in [5.41, 5.74) is 0.522. The Morgan fingerprint density at radius 3 is 2.42 bits per heavy atom. The molecule has 3 aliphatic heterocycles. The van der Waals surface area contributed by atoms with Crippen LogP contribution < -0.4 is 10.6 Å². The van der Waals surface area contributed by atoms with Gasteiger partial charge in [0.25, 0.3) is 0 Å².